The van der Waals surface area contributed by atoms with Gasteiger partial charge in [0.05, 0.1) is 11.6 Å². The highest BCUT2D eigenvalue weighted by molar-refractivity contribution is 6.18. The summed E-state index contributed by atoms with van der Waals surface area (Å²) < 4.78 is 0. The van der Waals surface area contributed by atoms with Crippen molar-refractivity contribution >= 4 is 17.5 Å². The number of carbonyl (C=O) groups excluding carboxylic acids is 1. The zero-order valence-electron chi connectivity index (χ0n) is 11.5. The van der Waals surface area contributed by atoms with E-state index in [1.807, 2.05) is 36.4 Å². The van der Waals surface area contributed by atoms with Gasteiger partial charge >= 0.3 is 0 Å². The maximum atomic E-state index is 12.5. The molecule has 0 saturated heterocycles. The smallest absolute Gasteiger partial charge is 0.254 e. The van der Waals surface area contributed by atoms with Crippen molar-refractivity contribution in [2.24, 2.45) is 0 Å². The van der Waals surface area contributed by atoms with E-state index in [4.69, 9.17) is 16.9 Å². The largest absolute Gasteiger partial charge is 0.333 e. The fourth-order valence-corrected chi connectivity index (χ4v) is 2.23. The fraction of sp³-hybridized carbons (Fsp3) is 0.176. The first kappa shape index (κ1) is 15.1. The molecule has 3 nitrogen and oxygen atoms in total. The Morgan fingerprint density at radius 1 is 1.10 bits per heavy atom. The Balaban J connectivity index is 2.16. The molecule has 21 heavy (non-hydrogen) atoms. The molecule has 1 amide bonds. The summed E-state index contributed by atoms with van der Waals surface area (Å²) in [5, 5.41) is 8.79. The standard InChI is InChI=1S/C17H15ClN2O/c18-10-11-20(13-15-4-2-1-3-5-15)17(21)16-8-6-14(12-19)7-9-16/h1-9H,10-11,13H2. The molecule has 0 aromatic heterocycles. The Morgan fingerprint density at radius 2 is 1.76 bits per heavy atom. The number of hydrogen-bond acceptors (Lipinski definition) is 2. The average Bonchev–Trinajstić information content (AvgIpc) is 2.55. The molecule has 2 aromatic carbocycles. The number of nitrogens with zero attached hydrogens (tertiary/aromatic N) is 2. The van der Waals surface area contributed by atoms with Crippen LogP contribution >= 0.6 is 11.6 Å². The van der Waals surface area contributed by atoms with Gasteiger partial charge < -0.3 is 4.90 Å². The van der Waals surface area contributed by atoms with Crippen molar-refractivity contribution in [2.75, 3.05) is 12.4 Å². The van der Waals surface area contributed by atoms with Gasteiger partial charge in [0, 0.05) is 24.5 Å². The SMILES string of the molecule is N#Cc1ccc(C(=O)N(CCCl)Cc2ccccc2)cc1. The molecule has 0 fully saturated rings. The summed E-state index contributed by atoms with van der Waals surface area (Å²) in [6.07, 6.45) is 0. The normalized spacial score (nSPS) is 9.90. The number of alkyl halides is 1. The quantitative estimate of drug-likeness (QED) is 0.794. The molecule has 0 unspecified atom stereocenters. The van der Waals surface area contributed by atoms with Crippen LogP contribution in [0.15, 0.2) is 54.6 Å². The number of nitriles is 1. The molecule has 0 aliphatic rings. The number of carbonyl (C=O) groups is 1. The zero-order valence-corrected chi connectivity index (χ0v) is 12.3. The lowest BCUT2D eigenvalue weighted by Crippen LogP contribution is -2.32. The Labute approximate surface area is 129 Å². The van der Waals surface area contributed by atoms with Crippen molar-refractivity contribution in [1.82, 2.24) is 4.90 Å². The van der Waals surface area contributed by atoms with Gasteiger partial charge in [0.25, 0.3) is 5.91 Å². The van der Waals surface area contributed by atoms with Crippen molar-refractivity contribution in [3.05, 3.63) is 71.3 Å². The molecular formula is C17H15ClN2O. The second-order valence-corrected chi connectivity index (χ2v) is 4.97. The van der Waals surface area contributed by atoms with Crippen LogP contribution in [-0.4, -0.2) is 23.2 Å². The van der Waals surface area contributed by atoms with Gasteiger partial charge in [-0.1, -0.05) is 30.3 Å². The number of halogens is 1. The van der Waals surface area contributed by atoms with Crippen LogP contribution < -0.4 is 0 Å². The third-order valence-electron chi connectivity index (χ3n) is 3.12. The van der Waals surface area contributed by atoms with Crippen molar-refractivity contribution < 1.29 is 4.79 Å². The van der Waals surface area contributed by atoms with Crippen molar-refractivity contribution in [1.29, 1.82) is 5.26 Å². The first-order chi connectivity index (χ1) is 10.2. The van der Waals surface area contributed by atoms with Crippen molar-refractivity contribution in [2.45, 2.75) is 6.54 Å². The van der Waals surface area contributed by atoms with Gasteiger partial charge in [-0.3, -0.25) is 4.79 Å². The zero-order chi connectivity index (χ0) is 15.1. The van der Waals surface area contributed by atoms with Crippen LogP contribution in [0.3, 0.4) is 0 Å². The topological polar surface area (TPSA) is 44.1 Å². The van der Waals surface area contributed by atoms with Gasteiger partial charge in [-0.25, -0.2) is 0 Å². The third-order valence-corrected chi connectivity index (χ3v) is 3.29. The van der Waals surface area contributed by atoms with Gasteiger partial charge in [0.2, 0.25) is 0 Å². The Morgan fingerprint density at radius 3 is 2.33 bits per heavy atom. The summed E-state index contributed by atoms with van der Waals surface area (Å²) in [6.45, 7) is 1.00. The maximum absolute atomic E-state index is 12.5. The van der Waals surface area contributed by atoms with Gasteiger partial charge in [0.15, 0.2) is 0 Å². The Kier molecular flexibility index (Phi) is 5.36. The van der Waals surface area contributed by atoms with Crippen LogP contribution in [0.25, 0.3) is 0 Å². The highest BCUT2D eigenvalue weighted by Gasteiger charge is 2.15. The van der Waals surface area contributed by atoms with Crippen molar-refractivity contribution in [3.8, 4) is 6.07 Å². The van der Waals surface area contributed by atoms with E-state index in [0.29, 0.717) is 30.1 Å². The van der Waals surface area contributed by atoms with Crippen LogP contribution in [-0.2, 0) is 6.54 Å². The van der Waals surface area contributed by atoms with Crippen LogP contribution in [0.1, 0.15) is 21.5 Å². The molecule has 0 aliphatic heterocycles. The molecule has 106 valence electrons. The predicted molar refractivity (Wildman–Crippen MR) is 83.1 cm³/mol. The minimum Gasteiger partial charge on any atom is -0.333 e. The van der Waals surface area contributed by atoms with Gasteiger partial charge in [-0.05, 0) is 29.8 Å². The minimum atomic E-state index is -0.0796. The van der Waals surface area contributed by atoms with E-state index in [-0.39, 0.29) is 5.91 Å². The average molecular weight is 299 g/mol. The summed E-state index contributed by atoms with van der Waals surface area (Å²) in [6, 6.07) is 18.5. The highest BCUT2D eigenvalue weighted by Crippen LogP contribution is 2.11. The summed E-state index contributed by atoms with van der Waals surface area (Å²) in [5.74, 6) is 0.304. The van der Waals surface area contributed by atoms with Gasteiger partial charge in [-0.15, -0.1) is 11.6 Å². The molecule has 4 heteroatoms. The maximum Gasteiger partial charge on any atom is 0.254 e. The summed E-state index contributed by atoms with van der Waals surface area (Å²) >= 11 is 5.80. The summed E-state index contributed by atoms with van der Waals surface area (Å²) in [4.78, 5) is 14.2. The van der Waals surface area contributed by atoms with E-state index < -0.39 is 0 Å². The lowest BCUT2D eigenvalue weighted by molar-refractivity contribution is 0.0754. The van der Waals surface area contributed by atoms with E-state index in [1.165, 1.54) is 0 Å². The van der Waals surface area contributed by atoms with Crippen LogP contribution in [0.4, 0.5) is 0 Å². The van der Waals surface area contributed by atoms with Crippen molar-refractivity contribution in [3.63, 3.8) is 0 Å². The first-order valence-corrected chi connectivity index (χ1v) is 7.17. The number of rotatable bonds is 5. The number of hydrogen-bond donors (Lipinski definition) is 0. The Hall–Kier alpha value is -2.31. The van der Waals surface area contributed by atoms with Gasteiger partial charge in [0.1, 0.15) is 0 Å². The second kappa shape index (κ2) is 7.47. The van der Waals surface area contributed by atoms with Crippen LogP contribution in [0.5, 0.6) is 0 Å². The molecule has 0 N–H and O–H groups in total. The molecule has 0 saturated carbocycles. The van der Waals surface area contributed by atoms with E-state index in [1.54, 1.807) is 29.2 Å². The molecule has 0 aliphatic carbocycles. The number of benzene rings is 2. The predicted octanol–water partition coefficient (Wildman–Crippen LogP) is 3.44. The molecule has 0 bridgehead atoms. The highest BCUT2D eigenvalue weighted by atomic mass is 35.5. The second-order valence-electron chi connectivity index (χ2n) is 4.59. The lowest BCUT2D eigenvalue weighted by Gasteiger charge is -2.22. The summed E-state index contributed by atoms with van der Waals surface area (Å²) in [5.41, 5.74) is 2.16. The molecule has 2 rings (SSSR count). The van der Waals surface area contributed by atoms with Crippen LogP contribution in [0, 0.1) is 11.3 Å². The lowest BCUT2D eigenvalue weighted by atomic mass is 10.1. The summed E-state index contributed by atoms with van der Waals surface area (Å²) in [7, 11) is 0. The molecular weight excluding hydrogens is 284 g/mol. The molecule has 2 aromatic rings. The van der Waals surface area contributed by atoms with Gasteiger partial charge in [-0.2, -0.15) is 5.26 Å². The monoisotopic (exact) mass is 298 g/mol. The minimum absolute atomic E-state index is 0.0796. The van der Waals surface area contributed by atoms with E-state index in [0.717, 1.165) is 5.56 Å². The molecule has 0 atom stereocenters. The Bertz CT molecular complexity index is 632. The van der Waals surface area contributed by atoms with E-state index >= 15 is 0 Å². The molecule has 0 heterocycles. The fourth-order valence-electron chi connectivity index (χ4n) is 2.03. The van der Waals surface area contributed by atoms with E-state index in [2.05, 4.69) is 0 Å². The van der Waals surface area contributed by atoms with E-state index in [9.17, 15) is 4.79 Å². The third kappa shape index (κ3) is 4.08. The number of amides is 1. The van der Waals surface area contributed by atoms with Crippen LogP contribution in [0.2, 0.25) is 0 Å². The first-order valence-electron chi connectivity index (χ1n) is 6.64. The molecule has 0 spiro atoms. The molecule has 0 radical (unpaired) electrons.